The number of anilines is 1. The highest BCUT2D eigenvalue weighted by molar-refractivity contribution is 9.10. The van der Waals surface area contributed by atoms with Gasteiger partial charge in [-0.3, -0.25) is 14.3 Å². The molecular formula is C20H19BrN6O2. The molecule has 9 heteroatoms. The normalized spacial score (nSPS) is 11.5. The number of carbonyl (C=O) groups excluding carboxylic acids is 1. The number of halogens is 1. The molecule has 0 spiro atoms. The number of carbonyl (C=O) groups is 1. The standard InChI is InChI=1S/C20H19BrN6O2/c1-11(2)18-15-8-13(21)5-6-14(15)20(29)27(25-18)10-17(28)23-16-7-4-12-9-22-26(3)19(12)24-16/h4-9,11H,10H2,1-3H3,(H,23,24,28). The predicted octanol–water partition coefficient (Wildman–Crippen LogP) is 3.20. The van der Waals surface area contributed by atoms with E-state index in [2.05, 4.69) is 36.4 Å². The van der Waals surface area contributed by atoms with Crippen molar-refractivity contribution in [2.24, 2.45) is 7.05 Å². The fourth-order valence-electron chi connectivity index (χ4n) is 3.23. The third-order valence-electron chi connectivity index (χ3n) is 4.64. The van der Waals surface area contributed by atoms with Crippen LogP contribution in [0.25, 0.3) is 21.8 Å². The summed E-state index contributed by atoms with van der Waals surface area (Å²) >= 11 is 3.44. The lowest BCUT2D eigenvalue weighted by Crippen LogP contribution is -2.31. The van der Waals surface area contributed by atoms with Gasteiger partial charge in [-0.2, -0.15) is 10.2 Å². The number of nitrogens with zero attached hydrogens (tertiary/aromatic N) is 5. The highest BCUT2D eigenvalue weighted by Gasteiger charge is 2.16. The van der Waals surface area contributed by atoms with Gasteiger partial charge in [-0.05, 0) is 36.2 Å². The highest BCUT2D eigenvalue weighted by Crippen LogP contribution is 2.24. The van der Waals surface area contributed by atoms with Crippen molar-refractivity contribution < 1.29 is 4.79 Å². The summed E-state index contributed by atoms with van der Waals surface area (Å²) < 4.78 is 3.72. The zero-order valence-corrected chi connectivity index (χ0v) is 17.8. The molecular weight excluding hydrogens is 436 g/mol. The summed E-state index contributed by atoms with van der Waals surface area (Å²) in [5.74, 6) is 0.114. The van der Waals surface area contributed by atoms with Gasteiger partial charge < -0.3 is 5.32 Å². The van der Waals surface area contributed by atoms with E-state index >= 15 is 0 Å². The van der Waals surface area contributed by atoms with E-state index in [-0.39, 0.29) is 23.9 Å². The smallest absolute Gasteiger partial charge is 0.275 e. The molecule has 148 valence electrons. The number of rotatable bonds is 4. The summed E-state index contributed by atoms with van der Waals surface area (Å²) in [4.78, 5) is 29.8. The van der Waals surface area contributed by atoms with E-state index in [0.717, 1.165) is 20.9 Å². The van der Waals surface area contributed by atoms with Gasteiger partial charge in [0.25, 0.3) is 5.56 Å². The van der Waals surface area contributed by atoms with Gasteiger partial charge in [0.05, 0.1) is 17.3 Å². The molecule has 1 aromatic carbocycles. The van der Waals surface area contributed by atoms with E-state index in [4.69, 9.17) is 0 Å². The molecule has 0 saturated heterocycles. The van der Waals surface area contributed by atoms with Crippen LogP contribution in [0.3, 0.4) is 0 Å². The molecule has 4 rings (SSSR count). The van der Waals surface area contributed by atoms with Crippen LogP contribution in [0.4, 0.5) is 5.82 Å². The minimum absolute atomic E-state index is 0.0932. The van der Waals surface area contributed by atoms with Crippen LogP contribution in [-0.4, -0.2) is 30.5 Å². The number of aryl methyl sites for hydroxylation is 1. The SMILES string of the molecule is CC(C)c1nn(CC(=O)Nc2ccc3cnn(C)c3n2)c(=O)c2ccc(Br)cc12. The second kappa shape index (κ2) is 7.40. The number of fused-ring (bicyclic) bond motifs is 2. The summed E-state index contributed by atoms with van der Waals surface area (Å²) in [6.45, 7) is 3.81. The minimum Gasteiger partial charge on any atom is -0.309 e. The van der Waals surface area contributed by atoms with Crippen LogP contribution in [-0.2, 0) is 18.4 Å². The largest absolute Gasteiger partial charge is 0.309 e. The molecule has 0 aliphatic carbocycles. The second-order valence-corrected chi connectivity index (χ2v) is 8.03. The molecule has 3 heterocycles. The van der Waals surface area contributed by atoms with Crippen LogP contribution in [0.1, 0.15) is 25.5 Å². The lowest BCUT2D eigenvalue weighted by atomic mass is 10.0. The van der Waals surface area contributed by atoms with Gasteiger partial charge in [0, 0.05) is 22.3 Å². The molecule has 1 N–H and O–H groups in total. The Morgan fingerprint density at radius 3 is 2.76 bits per heavy atom. The van der Waals surface area contributed by atoms with E-state index in [1.165, 1.54) is 4.68 Å². The molecule has 0 bridgehead atoms. The molecule has 3 aromatic heterocycles. The first-order chi connectivity index (χ1) is 13.8. The van der Waals surface area contributed by atoms with Crippen molar-refractivity contribution >= 4 is 49.5 Å². The molecule has 0 aliphatic rings. The lowest BCUT2D eigenvalue weighted by molar-refractivity contribution is -0.117. The Kier molecular flexibility index (Phi) is 4.91. The van der Waals surface area contributed by atoms with Crippen LogP contribution in [0.5, 0.6) is 0 Å². The van der Waals surface area contributed by atoms with Crippen molar-refractivity contribution in [1.29, 1.82) is 0 Å². The van der Waals surface area contributed by atoms with Crippen LogP contribution >= 0.6 is 15.9 Å². The average Bonchev–Trinajstić information content (AvgIpc) is 3.04. The summed E-state index contributed by atoms with van der Waals surface area (Å²) in [5, 5.41) is 13.5. The number of amides is 1. The summed E-state index contributed by atoms with van der Waals surface area (Å²) in [6.07, 6.45) is 1.71. The van der Waals surface area contributed by atoms with E-state index in [0.29, 0.717) is 16.9 Å². The highest BCUT2D eigenvalue weighted by atomic mass is 79.9. The van der Waals surface area contributed by atoms with E-state index < -0.39 is 0 Å². The first-order valence-corrected chi connectivity index (χ1v) is 9.91. The number of benzene rings is 1. The number of hydrogen-bond acceptors (Lipinski definition) is 5. The third kappa shape index (κ3) is 3.65. The first-order valence-electron chi connectivity index (χ1n) is 9.12. The summed E-state index contributed by atoms with van der Waals surface area (Å²) in [7, 11) is 1.78. The number of hydrogen-bond donors (Lipinski definition) is 1. The topological polar surface area (TPSA) is 94.7 Å². The molecule has 1 amide bonds. The number of aromatic nitrogens is 5. The monoisotopic (exact) mass is 454 g/mol. The van der Waals surface area contributed by atoms with Gasteiger partial charge in [-0.15, -0.1) is 0 Å². The van der Waals surface area contributed by atoms with Gasteiger partial charge >= 0.3 is 0 Å². The predicted molar refractivity (Wildman–Crippen MR) is 115 cm³/mol. The molecule has 0 saturated carbocycles. The Morgan fingerprint density at radius 2 is 2.00 bits per heavy atom. The third-order valence-corrected chi connectivity index (χ3v) is 5.13. The maximum atomic E-state index is 12.9. The Balaban J connectivity index is 1.66. The Bertz CT molecular complexity index is 1310. The summed E-state index contributed by atoms with van der Waals surface area (Å²) in [6, 6.07) is 8.99. The van der Waals surface area contributed by atoms with Crippen LogP contribution < -0.4 is 10.9 Å². The summed E-state index contributed by atoms with van der Waals surface area (Å²) in [5.41, 5.74) is 1.13. The Morgan fingerprint density at radius 1 is 1.21 bits per heavy atom. The molecule has 4 aromatic rings. The number of nitrogens with one attached hydrogen (secondary N) is 1. The van der Waals surface area contributed by atoms with Crippen molar-refractivity contribution in [2.75, 3.05) is 5.32 Å². The van der Waals surface area contributed by atoms with Gasteiger partial charge in [-0.1, -0.05) is 29.8 Å². The Labute approximate surface area is 174 Å². The molecule has 0 aliphatic heterocycles. The first kappa shape index (κ1) is 19.3. The fraction of sp³-hybridized carbons (Fsp3) is 0.250. The van der Waals surface area contributed by atoms with E-state index in [1.54, 1.807) is 30.1 Å². The van der Waals surface area contributed by atoms with Crippen LogP contribution in [0.15, 0.2) is 45.8 Å². The zero-order valence-electron chi connectivity index (χ0n) is 16.2. The maximum Gasteiger partial charge on any atom is 0.275 e. The zero-order chi connectivity index (χ0) is 20.7. The van der Waals surface area contributed by atoms with Gasteiger partial charge in [-0.25, -0.2) is 9.67 Å². The van der Waals surface area contributed by atoms with Crippen molar-refractivity contribution in [3.05, 3.63) is 57.0 Å². The quantitative estimate of drug-likeness (QED) is 0.510. The van der Waals surface area contributed by atoms with E-state index in [1.807, 2.05) is 32.0 Å². The fourth-order valence-corrected chi connectivity index (χ4v) is 3.59. The average molecular weight is 455 g/mol. The van der Waals surface area contributed by atoms with Gasteiger partial charge in [0.15, 0.2) is 5.65 Å². The Hall–Kier alpha value is -3.07. The molecule has 0 fully saturated rings. The molecule has 29 heavy (non-hydrogen) atoms. The molecule has 0 atom stereocenters. The van der Waals surface area contributed by atoms with Gasteiger partial charge in [0.2, 0.25) is 5.91 Å². The van der Waals surface area contributed by atoms with Crippen molar-refractivity contribution in [2.45, 2.75) is 26.3 Å². The van der Waals surface area contributed by atoms with Gasteiger partial charge in [0.1, 0.15) is 12.4 Å². The maximum absolute atomic E-state index is 12.9. The molecule has 8 nitrogen and oxygen atoms in total. The van der Waals surface area contributed by atoms with Crippen LogP contribution in [0.2, 0.25) is 0 Å². The van der Waals surface area contributed by atoms with Crippen molar-refractivity contribution in [1.82, 2.24) is 24.5 Å². The molecule has 0 unspecified atom stereocenters. The van der Waals surface area contributed by atoms with Crippen molar-refractivity contribution in [3.8, 4) is 0 Å². The second-order valence-electron chi connectivity index (χ2n) is 7.12. The molecule has 0 radical (unpaired) electrons. The lowest BCUT2D eigenvalue weighted by Gasteiger charge is -2.13. The van der Waals surface area contributed by atoms with Crippen LogP contribution in [0, 0.1) is 0 Å². The number of pyridine rings is 1. The van der Waals surface area contributed by atoms with E-state index in [9.17, 15) is 9.59 Å². The minimum atomic E-state index is -0.375. The van der Waals surface area contributed by atoms with Crippen molar-refractivity contribution in [3.63, 3.8) is 0 Å².